The van der Waals surface area contributed by atoms with E-state index in [1.165, 1.54) is 26.0 Å². The molecule has 9 heteroatoms. The number of carbonyl (C=O) groups is 3. The first-order valence-corrected chi connectivity index (χ1v) is 8.44. The summed E-state index contributed by atoms with van der Waals surface area (Å²) >= 11 is 0. The van der Waals surface area contributed by atoms with Gasteiger partial charge in [0.25, 0.3) is 0 Å². The Hall–Kier alpha value is -2.23. The Bertz CT molecular complexity index is 637. The van der Waals surface area contributed by atoms with Crippen LogP contribution in [-0.4, -0.2) is 69.9 Å². The van der Waals surface area contributed by atoms with Crippen LogP contribution in [0.5, 0.6) is 0 Å². The minimum Gasteiger partial charge on any atom is -0.457 e. The molecule has 0 aliphatic heterocycles. The third-order valence-electron chi connectivity index (χ3n) is 4.32. The summed E-state index contributed by atoms with van der Waals surface area (Å²) in [6.45, 7) is 7.19. The Morgan fingerprint density at radius 2 is 1.04 bits per heavy atom. The van der Waals surface area contributed by atoms with Crippen LogP contribution in [0.25, 0.3) is 0 Å². The molecular weight excluding hydrogens is 360 g/mol. The van der Waals surface area contributed by atoms with E-state index in [0.29, 0.717) is 0 Å². The highest BCUT2D eigenvalue weighted by atomic mass is 16.6. The summed E-state index contributed by atoms with van der Waals surface area (Å²) in [7, 11) is 0. The van der Waals surface area contributed by atoms with Crippen molar-refractivity contribution < 1.29 is 43.9 Å². The molecule has 1 aliphatic carbocycles. The summed E-state index contributed by atoms with van der Waals surface area (Å²) in [5.74, 6) is -2.47. The zero-order chi connectivity index (χ0) is 20.9. The van der Waals surface area contributed by atoms with Crippen molar-refractivity contribution in [1.29, 1.82) is 0 Å². The van der Waals surface area contributed by atoms with E-state index in [0.717, 1.165) is 6.92 Å². The number of aliphatic hydroxyl groups excluding tert-OH is 3. The van der Waals surface area contributed by atoms with Gasteiger partial charge in [0.05, 0.1) is 0 Å². The third kappa shape index (κ3) is 5.38. The van der Waals surface area contributed by atoms with E-state index in [1.54, 1.807) is 13.8 Å². The quantitative estimate of drug-likeness (QED) is 0.332. The summed E-state index contributed by atoms with van der Waals surface area (Å²) in [6, 6.07) is 0. The van der Waals surface area contributed by atoms with E-state index < -0.39 is 54.5 Å². The van der Waals surface area contributed by atoms with Crippen LogP contribution < -0.4 is 0 Å². The summed E-state index contributed by atoms with van der Waals surface area (Å²) in [6.07, 6.45) is -7.03. The molecule has 0 heterocycles. The first kappa shape index (κ1) is 22.8. The first-order valence-electron chi connectivity index (χ1n) is 8.44. The summed E-state index contributed by atoms with van der Waals surface area (Å²) in [5, 5.41) is 31.1. The van der Waals surface area contributed by atoms with Crippen LogP contribution in [0.1, 0.15) is 34.6 Å². The van der Waals surface area contributed by atoms with E-state index in [2.05, 4.69) is 0 Å². The maximum absolute atomic E-state index is 12.1. The SMILES string of the molecule is C/C=C(/C)C(=O)O[C@@H]1[C@@H](O)[C@H](O)[C@H](OC(C)=O)[C@H](O)[C@H]1OC(=O)/C(C)=C\C. The van der Waals surface area contributed by atoms with Gasteiger partial charge >= 0.3 is 17.9 Å². The van der Waals surface area contributed by atoms with Crippen molar-refractivity contribution in [1.82, 2.24) is 0 Å². The minimum absolute atomic E-state index is 0.210. The predicted octanol–water partition coefficient (Wildman–Crippen LogP) is -0.230. The van der Waals surface area contributed by atoms with Gasteiger partial charge in [0.15, 0.2) is 18.3 Å². The molecule has 0 saturated heterocycles. The Kier molecular flexibility index (Phi) is 8.14. The Morgan fingerprint density at radius 3 is 1.41 bits per heavy atom. The topological polar surface area (TPSA) is 140 Å². The van der Waals surface area contributed by atoms with Crippen molar-refractivity contribution in [3.63, 3.8) is 0 Å². The zero-order valence-electron chi connectivity index (χ0n) is 15.9. The molecule has 1 aliphatic rings. The molecule has 3 N–H and O–H groups in total. The number of esters is 3. The minimum atomic E-state index is -1.77. The van der Waals surface area contributed by atoms with Gasteiger partial charge in [-0.3, -0.25) is 4.79 Å². The molecule has 0 bridgehead atoms. The van der Waals surface area contributed by atoms with Crippen molar-refractivity contribution in [3.05, 3.63) is 23.3 Å². The lowest BCUT2D eigenvalue weighted by atomic mass is 9.84. The highest BCUT2D eigenvalue weighted by molar-refractivity contribution is 5.88. The van der Waals surface area contributed by atoms with Crippen LogP contribution in [0.15, 0.2) is 23.3 Å². The smallest absolute Gasteiger partial charge is 0.333 e. The van der Waals surface area contributed by atoms with Crippen LogP contribution in [0.2, 0.25) is 0 Å². The lowest BCUT2D eigenvalue weighted by Gasteiger charge is -2.43. The number of rotatable bonds is 5. The van der Waals surface area contributed by atoms with Crippen LogP contribution in [0.4, 0.5) is 0 Å². The molecule has 9 nitrogen and oxygen atoms in total. The number of hydrogen-bond acceptors (Lipinski definition) is 9. The summed E-state index contributed by atoms with van der Waals surface area (Å²) in [4.78, 5) is 35.4. The second-order valence-corrected chi connectivity index (χ2v) is 6.23. The normalized spacial score (nSPS) is 31.9. The average molecular weight is 386 g/mol. The lowest BCUT2D eigenvalue weighted by Crippen LogP contribution is -2.66. The predicted molar refractivity (Wildman–Crippen MR) is 92.2 cm³/mol. The lowest BCUT2D eigenvalue weighted by molar-refractivity contribution is -0.245. The molecule has 1 rings (SSSR count). The molecule has 0 spiro atoms. The van der Waals surface area contributed by atoms with Gasteiger partial charge in [0, 0.05) is 18.1 Å². The van der Waals surface area contributed by atoms with E-state index in [1.807, 2.05) is 0 Å². The fourth-order valence-electron chi connectivity index (χ4n) is 2.44. The van der Waals surface area contributed by atoms with Gasteiger partial charge in [0.2, 0.25) is 0 Å². The second kappa shape index (κ2) is 9.63. The molecule has 0 aromatic heterocycles. The van der Waals surface area contributed by atoms with E-state index >= 15 is 0 Å². The molecule has 152 valence electrons. The van der Waals surface area contributed by atoms with Gasteiger partial charge < -0.3 is 29.5 Å². The number of allylic oxidation sites excluding steroid dienone is 2. The maximum Gasteiger partial charge on any atom is 0.333 e. The van der Waals surface area contributed by atoms with Crippen molar-refractivity contribution in [2.45, 2.75) is 71.2 Å². The van der Waals surface area contributed by atoms with E-state index in [4.69, 9.17) is 14.2 Å². The number of hydrogen-bond donors (Lipinski definition) is 3. The number of carbonyl (C=O) groups excluding carboxylic acids is 3. The van der Waals surface area contributed by atoms with Crippen molar-refractivity contribution in [2.75, 3.05) is 0 Å². The van der Waals surface area contributed by atoms with Crippen molar-refractivity contribution in [3.8, 4) is 0 Å². The van der Waals surface area contributed by atoms with Crippen molar-refractivity contribution in [2.24, 2.45) is 0 Å². The molecule has 0 radical (unpaired) electrons. The van der Waals surface area contributed by atoms with Crippen LogP contribution in [0.3, 0.4) is 0 Å². The summed E-state index contributed by atoms with van der Waals surface area (Å²) in [5.41, 5.74) is 0.421. The Labute approximate surface area is 157 Å². The zero-order valence-corrected chi connectivity index (χ0v) is 15.9. The Balaban J connectivity index is 3.23. The van der Waals surface area contributed by atoms with Gasteiger partial charge in [-0.25, -0.2) is 9.59 Å². The number of ether oxygens (including phenoxy) is 3. The van der Waals surface area contributed by atoms with Gasteiger partial charge in [-0.2, -0.15) is 0 Å². The third-order valence-corrected chi connectivity index (χ3v) is 4.32. The largest absolute Gasteiger partial charge is 0.457 e. The van der Waals surface area contributed by atoms with E-state index in [-0.39, 0.29) is 11.1 Å². The first-order chi connectivity index (χ1) is 12.5. The van der Waals surface area contributed by atoms with Crippen LogP contribution in [0, 0.1) is 0 Å². The van der Waals surface area contributed by atoms with Crippen LogP contribution >= 0.6 is 0 Å². The Morgan fingerprint density at radius 1 is 0.667 bits per heavy atom. The standard InChI is InChI=1S/C18H26O9/c1-6-8(3)17(23)26-15-12(21)11(20)14(25-10(5)19)13(22)16(15)27-18(24)9(4)7-2/h6-7,11-16,20-22H,1-5H3/b8-6-,9-7-/t11-,12-,13-,14-,15+,16+/m0/s1. The maximum atomic E-state index is 12.1. The van der Waals surface area contributed by atoms with Gasteiger partial charge in [0.1, 0.15) is 18.3 Å². The molecule has 1 saturated carbocycles. The molecular formula is C18H26O9. The highest BCUT2D eigenvalue weighted by Gasteiger charge is 2.55. The molecule has 6 atom stereocenters. The monoisotopic (exact) mass is 386 g/mol. The average Bonchev–Trinajstić information content (AvgIpc) is 2.63. The molecule has 0 amide bonds. The molecule has 1 fully saturated rings. The van der Waals surface area contributed by atoms with Gasteiger partial charge in [-0.05, 0) is 27.7 Å². The van der Waals surface area contributed by atoms with Gasteiger partial charge in [-0.15, -0.1) is 0 Å². The fourth-order valence-corrected chi connectivity index (χ4v) is 2.44. The highest BCUT2D eigenvalue weighted by Crippen LogP contribution is 2.29. The summed E-state index contributed by atoms with van der Waals surface area (Å²) < 4.78 is 15.2. The van der Waals surface area contributed by atoms with Crippen molar-refractivity contribution >= 4 is 17.9 Å². The molecule has 27 heavy (non-hydrogen) atoms. The van der Waals surface area contributed by atoms with Crippen LogP contribution in [-0.2, 0) is 28.6 Å². The molecule has 0 unspecified atom stereocenters. The fraction of sp³-hybridized carbons (Fsp3) is 0.611. The number of aliphatic hydroxyl groups is 3. The molecule has 0 aromatic carbocycles. The second-order valence-electron chi connectivity index (χ2n) is 6.23. The molecule has 0 aromatic rings. The van der Waals surface area contributed by atoms with E-state index in [9.17, 15) is 29.7 Å². The van der Waals surface area contributed by atoms with Gasteiger partial charge in [-0.1, -0.05) is 12.2 Å².